The zero-order chi connectivity index (χ0) is 16.5. The summed E-state index contributed by atoms with van der Waals surface area (Å²) in [6.45, 7) is 0.844. The number of fused-ring (bicyclic) bond motifs is 1. The van der Waals surface area contributed by atoms with Crippen molar-refractivity contribution in [3.05, 3.63) is 64.3 Å². The van der Waals surface area contributed by atoms with Gasteiger partial charge in [-0.3, -0.25) is 0 Å². The first-order valence-corrected chi connectivity index (χ1v) is 8.23. The minimum atomic E-state index is 0.484. The number of benzene rings is 2. The molecule has 0 amide bonds. The van der Waals surface area contributed by atoms with Crippen molar-refractivity contribution >= 4 is 46.3 Å². The molecule has 5 nitrogen and oxygen atoms in total. The fourth-order valence-electron chi connectivity index (χ4n) is 2.74. The lowest BCUT2D eigenvalue weighted by Crippen LogP contribution is -2.17. The van der Waals surface area contributed by atoms with Crippen molar-refractivity contribution in [3.8, 4) is 0 Å². The minimum absolute atomic E-state index is 0.484. The van der Waals surface area contributed by atoms with Crippen LogP contribution in [0.15, 0.2) is 48.7 Å². The van der Waals surface area contributed by atoms with E-state index in [4.69, 9.17) is 23.2 Å². The van der Waals surface area contributed by atoms with Gasteiger partial charge in [-0.1, -0.05) is 41.4 Å². The molecule has 120 valence electrons. The molecule has 0 aliphatic carbocycles. The van der Waals surface area contributed by atoms with Gasteiger partial charge in [0, 0.05) is 17.9 Å². The van der Waals surface area contributed by atoms with Crippen molar-refractivity contribution in [2.24, 2.45) is 0 Å². The monoisotopic (exact) mass is 357 g/mol. The zero-order valence-electron chi connectivity index (χ0n) is 12.6. The normalized spacial score (nSPS) is 13.0. The fraction of sp³-hybridized carbons (Fsp3) is 0.118. The summed E-state index contributed by atoms with van der Waals surface area (Å²) in [4.78, 5) is 6.64. The highest BCUT2D eigenvalue weighted by Gasteiger charge is 2.22. The maximum atomic E-state index is 6.04. The van der Waals surface area contributed by atoms with Gasteiger partial charge in [0.2, 0.25) is 0 Å². The average molecular weight is 358 g/mol. The van der Waals surface area contributed by atoms with Gasteiger partial charge in [-0.25, -0.2) is 0 Å². The average Bonchev–Trinajstić information content (AvgIpc) is 3.03. The van der Waals surface area contributed by atoms with Crippen LogP contribution in [-0.2, 0) is 6.42 Å². The molecular formula is C17H13Cl2N5. The molecule has 4 rings (SSSR count). The van der Waals surface area contributed by atoms with E-state index in [1.54, 1.807) is 18.3 Å². The Kier molecular flexibility index (Phi) is 3.96. The first-order chi connectivity index (χ1) is 11.7. The van der Waals surface area contributed by atoms with E-state index in [2.05, 4.69) is 37.5 Å². The summed E-state index contributed by atoms with van der Waals surface area (Å²) >= 11 is 12.0. The van der Waals surface area contributed by atoms with Gasteiger partial charge >= 0.3 is 0 Å². The standard InChI is InChI=1S/C17H13Cl2N5/c18-13-6-5-12(9-14(13)19)21-16-10-20-23-17(22-16)24-8-7-11-3-1-2-4-15(11)24/h1-6,9-10H,7-8H2,(H,21,22,23). The lowest BCUT2D eigenvalue weighted by atomic mass is 10.2. The number of hydrogen-bond acceptors (Lipinski definition) is 5. The van der Waals surface area contributed by atoms with Crippen molar-refractivity contribution in [2.75, 3.05) is 16.8 Å². The molecule has 0 fully saturated rings. The Labute approximate surface area is 149 Å². The van der Waals surface area contributed by atoms with Gasteiger partial charge in [-0.15, -0.1) is 5.10 Å². The van der Waals surface area contributed by atoms with Gasteiger partial charge in [0.05, 0.1) is 16.2 Å². The topological polar surface area (TPSA) is 53.9 Å². The second kappa shape index (κ2) is 6.26. The van der Waals surface area contributed by atoms with Crippen LogP contribution >= 0.6 is 23.2 Å². The molecule has 1 aliphatic rings. The van der Waals surface area contributed by atoms with Crippen LogP contribution in [0, 0.1) is 0 Å². The molecule has 2 aromatic carbocycles. The first-order valence-electron chi connectivity index (χ1n) is 7.48. The summed E-state index contributed by atoms with van der Waals surface area (Å²) in [5.74, 6) is 1.17. The Morgan fingerprint density at radius 2 is 1.92 bits per heavy atom. The van der Waals surface area contributed by atoms with Crippen molar-refractivity contribution in [1.82, 2.24) is 15.2 Å². The molecule has 0 bridgehead atoms. The van der Waals surface area contributed by atoms with E-state index in [1.807, 2.05) is 18.2 Å². The molecule has 1 N–H and O–H groups in total. The third kappa shape index (κ3) is 2.88. The smallest absolute Gasteiger partial charge is 0.251 e. The van der Waals surface area contributed by atoms with Crippen LogP contribution in [0.1, 0.15) is 5.56 Å². The highest BCUT2D eigenvalue weighted by Crippen LogP contribution is 2.32. The third-order valence-corrected chi connectivity index (χ3v) is 4.61. The van der Waals surface area contributed by atoms with E-state index in [9.17, 15) is 0 Å². The van der Waals surface area contributed by atoms with E-state index in [0.717, 1.165) is 24.3 Å². The molecule has 1 aliphatic heterocycles. The molecule has 24 heavy (non-hydrogen) atoms. The zero-order valence-corrected chi connectivity index (χ0v) is 14.1. The summed E-state index contributed by atoms with van der Waals surface area (Å²) in [6.07, 6.45) is 2.55. The number of halogens is 2. The summed E-state index contributed by atoms with van der Waals surface area (Å²) in [5, 5.41) is 12.4. The molecule has 2 heterocycles. The summed E-state index contributed by atoms with van der Waals surface area (Å²) < 4.78 is 0. The van der Waals surface area contributed by atoms with Gasteiger partial charge < -0.3 is 10.2 Å². The number of rotatable bonds is 3. The Hall–Kier alpha value is -2.37. The van der Waals surface area contributed by atoms with Crippen LogP contribution in [0.5, 0.6) is 0 Å². The summed E-state index contributed by atoms with van der Waals surface area (Å²) in [7, 11) is 0. The number of nitrogens with one attached hydrogen (secondary N) is 1. The molecule has 0 saturated carbocycles. The van der Waals surface area contributed by atoms with Gasteiger partial charge in [0.1, 0.15) is 0 Å². The Bertz CT molecular complexity index is 900. The lowest BCUT2D eigenvalue weighted by Gasteiger charge is -2.17. The van der Waals surface area contributed by atoms with Crippen molar-refractivity contribution in [2.45, 2.75) is 6.42 Å². The Morgan fingerprint density at radius 3 is 2.79 bits per heavy atom. The second-order valence-corrected chi connectivity index (χ2v) is 6.24. The van der Waals surface area contributed by atoms with E-state index < -0.39 is 0 Å². The predicted molar refractivity (Wildman–Crippen MR) is 96.7 cm³/mol. The summed E-state index contributed by atoms with van der Waals surface area (Å²) in [5.41, 5.74) is 3.22. The van der Waals surface area contributed by atoms with Crippen LogP contribution in [-0.4, -0.2) is 21.7 Å². The van der Waals surface area contributed by atoms with Crippen LogP contribution in [0.25, 0.3) is 0 Å². The highest BCUT2D eigenvalue weighted by atomic mass is 35.5. The number of para-hydroxylation sites is 1. The van der Waals surface area contributed by atoms with Gasteiger partial charge in [0.15, 0.2) is 5.82 Å². The Balaban J connectivity index is 1.61. The molecular weight excluding hydrogens is 345 g/mol. The third-order valence-electron chi connectivity index (χ3n) is 3.87. The highest BCUT2D eigenvalue weighted by molar-refractivity contribution is 6.42. The summed E-state index contributed by atoms with van der Waals surface area (Å²) in [6, 6.07) is 13.6. The first kappa shape index (κ1) is 15.2. The molecule has 1 aromatic heterocycles. The fourth-order valence-corrected chi connectivity index (χ4v) is 3.03. The van der Waals surface area contributed by atoms with Gasteiger partial charge in [-0.2, -0.15) is 10.1 Å². The number of aromatic nitrogens is 3. The molecule has 3 aromatic rings. The van der Waals surface area contributed by atoms with Crippen LogP contribution in [0.2, 0.25) is 10.0 Å². The van der Waals surface area contributed by atoms with Crippen LogP contribution in [0.4, 0.5) is 23.1 Å². The minimum Gasteiger partial charge on any atom is -0.339 e. The van der Waals surface area contributed by atoms with E-state index in [0.29, 0.717) is 21.8 Å². The van der Waals surface area contributed by atoms with Crippen molar-refractivity contribution in [3.63, 3.8) is 0 Å². The molecule has 0 radical (unpaired) electrons. The molecule has 7 heteroatoms. The van der Waals surface area contributed by atoms with Crippen LogP contribution in [0.3, 0.4) is 0 Å². The van der Waals surface area contributed by atoms with E-state index in [1.165, 1.54) is 5.56 Å². The molecule has 0 saturated heterocycles. The van der Waals surface area contributed by atoms with E-state index in [-0.39, 0.29) is 0 Å². The predicted octanol–water partition coefficient (Wildman–Crippen LogP) is 4.62. The quantitative estimate of drug-likeness (QED) is 0.741. The van der Waals surface area contributed by atoms with Gasteiger partial charge in [-0.05, 0) is 36.2 Å². The number of nitrogens with zero attached hydrogens (tertiary/aromatic N) is 4. The Morgan fingerprint density at radius 1 is 1.04 bits per heavy atom. The number of hydrogen-bond donors (Lipinski definition) is 1. The van der Waals surface area contributed by atoms with Crippen molar-refractivity contribution < 1.29 is 0 Å². The number of anilines is 4. The van der Waals surface area contributed by atoms with Crippen LogP contribution < -0.4 is 10.2 Å². The maximum Gasteiger partial charge on any atom is 0.251 e. The van der Waals surface area contributed by atoms with E-state index >= 15 is 0 Å². The lowest BCUT2D eigenvalue weighted by molar-refractivity contribution is 0.887. The SMILES string of the molecule is Clc1ccc(Nc2cnnc(N3CCc4ccccc43)n2)cc1Cl. The second-order valence-electron chi connectivity index (χ2n) is 5.43. The molecule has 0 spiro atoms. The van der Waals surface area contributed by atoms with Gasteiger partial charge in [0.25, 0.3) is 5.95 Å². The van der Waals surface area contributed by atoms with Crippen molar-refractivity contribution in [1.29, 1.82) is 0 Å². The molecule has 0 atom stereocenters. The largest absolute Gasteiger partial charge is 0.339 e. The maximum absolute atomic E-state index is 6.04. The molecule has 0 unspecified atom stereocenters.